The first-order chi connectivity index (χ1) is 5.25. The molecule has 0 aliphatic rings. The minimum Gasteiger partial charge on any atom is -0.337 e. The van der Waals surface area contributed by atoms with Gasteiger partial charge in [-0.15, -0.1) is 0 Å². The molecule has 0 atom stereocenters. The number of hydrogen-bond donors (Lipinski definition) is 0. The summed E-state index contributed by atoms with van der Waals surface area (Å²) in [5, 5.41) is 0. The van der Waals surface area contributed by atoms with Gasteiger partial charge >= 0.3 is 0 Å². The second kappa shape index (κ2) is 3.34. The van der Waals surface area contributed by atoms with Crippen LogP contribution in [0.5, 0.6) is 5.75 Å². The molecule has 1 heterocycles. The maximum Gasteiger partial charge on any atom is 0.174 e. The number of aromatic nitrogens is 1. The Bertz CT molecular complexity index is 228. The molecule has 1 rings (SSSR count). The van der Waals surface area contributed by atoms with E-state index in [0.29, 0.717) is 0 Å². The molecule has 11 heavy (non-hydrogen) atoms. The zero-order chi connectivity index (χ0) is 8.27. The first-order valence-corrected chi connectivity index (χ1v) is 3.37. The van der Waals surface area contributed by atoms with Crippen LogP contribution in [0, 0.1) is 13.8 Å². The van der Waals surface area contributed by atoms with E-state index in [1.54, 1.807) is 12.4 Å². The smallest absolute Gasteiger partial charge is 0.174 e. The van der Waals surface area contributed by atoms with E-state index in [9.17, 15) is 0 Å². The van der Waals surface area contributed by atoms with Gasteiger partial charge in [-0.1, -0.05) is 0 Å². The van der Waals surface area contributed by atoms with Crippen molar-refractivity contribution in [3.8, 4) is 5.75 Å². The highest BCUT2D eigenvalue weighted by Crippen LogP contribution is 2.20. The van der Waals surface area contributed by atoms with E-state index in [1.807, 2.05) is 13.8 Å². The Balaban J connectivity index is 3.00. The number of aryl methyl sites for hydroxylation is 2. The number of pyridine rings is 1. The van der Waals surface area contributed by atoms with Crippen LogP contribution < -0.4 is 4.89 Å². The molecule has 1 aromatic rings. The van der Waals surface area contributed by atoms with Crippen LogP contribution in [0.15, 0.2) is 12.4 Å². The van der Waals surface area contributed by atoms with Crippen molar-refractivity contribution in [3.05, 3.63) is 23.5 Å². The largest absolute Gasteiger partial charge is 0.337 e. The molecule has 0 amide bonds. The fraction of sp³-hybridized carbons (Fsp3) is 0.375. The van der Waals surface area contributed by atoms with Crippen LogP contribution >= 0.6 is 0 Å². The molecule has 0 spiro atoms. The fourth-order valence-corrected chi connectivity index (χ4v) is 0.904. The Morgan fingerprint density at radius 3 is 2.18 bits per heavy atom. The molecule has 0 aromatic carbocycles. The predicted molar refractivity (Wildman–Crippen MR) is 41.3 cm³/mol. The van der Waals surface area contributed by atoms with Gasteiger partial charge in [0.05, 0.1) is 7.11 Å². The summed E-state index contributed by atoms with van der Waals surface area (Å²) in [4.78, 5) is 13.5. The van der Waals surface area contributed by atoms with Crippen molar-refractivity contribution in [2.45, 2.75) is 13.8 Å². The van der Waals surface area contributed by atoms with Crippen LogP contribution in [0.4, 0.5) is 0 Å². The second-order valence-corrected chi connectivity index (χ2v) is 2.35. The van der Waals surface area contributed by atoms with E-state index in [4.69, 9.17) is 4.89 Å². The molecule has 1 aromatic heterocycles. The van der Waals surface area contributed by atoms with E-state index in [-0.39, 0.29) is 0 Å². The maximum absolute atomic E-state index is 4.93. The van der Waals surface area contributed by atoms with Crippen LogP contribution in [0.25, 0.3) is 0 Å². The summed E-state index contributed by atoms with van der Waals surface area (Å²) < 4.78 is 0. The van der Waals surface area contributed by atoms with E-state index >= 15 is 0 Å². The topological polar surface area (TPSA) is 31.4 Å². The van der Waals surface area contributed by atoms with Gasteiger partial charge in [-0.25, -0.2) is 0 Å². The van der Waals surface area contributed by atoms with Gasteiger partial charge in [-0.05, 0) is 13.8 Å². The van der Waals surface area contributed by atoms with Crippen LogP contribution in [-0.4, -0.2) is 12.1 Å². The first-order valence-electron chi connectivity index (χ1n) is 3.37. The summed E-state index contributed by atoms with van der Waals surface area (Å²) in [6.45, 7) is 3.85. The van der Waals surface area contributed by atoms with Gasteiger partial charge in [0.15, 0.2) is 5.75 Å². The lowest BCUT2D eigenvalue weighted by Gasteiger charge is -2.06. The third-order valence-corrected chi connectivity index (χ3v) is 1.42. The normalized spacial score (nSPS) is 9.73. The van der Waals surface area contributed by atoms with Gasteiger partial charge in [-0.3, -0.25) is 4.98 Å². The highest BCUT2D eigenvalue weighted by molar-refractivity contribution is 5.36. The lowest BCUT2D eigenvalue weighted by Crippen LogP contribution is -1.96. The predicted octanol–water partition coefficient (Wildman–Crippen LogP) is 1.64. The Hall–Kier alpha value is -1.09. The van der Waals surface area contributed by atoms with Crippen LogP contribution in [0.1, 0.15) is 11.1 Å². The van der Waals surface area contributed by atoms with Crippen molar-refractivity contribution in [2.24, 2.45) is 0 Å². The molecular weight excluding hydrogens is 142 g/mol. The lowest BCUT2D eigenvalue weighted by molar-refractivity contribution is -0.179. The number of rotatable bonds is 2. The lowest BCUT2D eigenvalue weighted by atomic mass is 10.2. The average molecular weight is 153 g/mol. The molecule has 0 aliphatic heterocycles. The monoisotopic (exact) mass is 153 g/mol. The van der Waals surface area contributed by atoms with Gasteiger partial charge in [0, 0.05) is 23.5 Å². The van der Waals surface area contributed by atoms with Crippen LogP contribution in [-0.2, 0) is 4.89 Å². The third kappa shape index (κ3) is 1.68. The number of nitrogens with zero attached hydrogens (tertiary/aromatic N) is 1. The standard InChI is InChI=1S/C8H11NO2/c1-6-4-9-5-7(2)8(6)11-10-3/h4-5H,1-3H3. The summed E-state index contributed by atoms with van der Waals surface area (Å²) in [5.74, 6) is 0.752. The van der Waals surface area contributed by atoms with Crippen LogP contribution in [0.2, 0.25) is 0 Å². The SMILES string of the molecule is COOc1c(C)cncc1C. The van der Waals surface area contributed by atoms with Crippen molar-refractivity contribution in [1.29, 1.82) is 0 Å². The molecule has 0 saturated heterocycles. The van der Waals surface area contributed by atoms with Crippen molar-refractivity contribution >= 4 is 0 Å². The Labute approximate surface area is 65.9 Å². The zero-order valence-corrected chi connectivity index (χ0v) is 6.92. The van der Waals surface area contributed by atoms with E-state index in [0.717, 1.165) is 16.9 Å². The van der Waals surface area contributed by atoms with E-state index < -0.39 is 0 Å². The third-order valence-electron chi connectivity index (χ3n) is 1.42. The Kier molecular flexibility index (Phi) is 2.44. The van der Waals surface area contributed by atoms with Gasteiger partial charge in [0.25, 0.3) is 0 Å². The Morgan fingerprint density at radius 2 is 1.73 bits per heavy atom. The molecule has 3 nitrogen and oxygen atoms in total. The first kappa shape index (κ1) is 8.01. The molecule has 60 valence electrons. The minimum atomic E-state index is 0.752. The van der Waals surface area contributed by atoms with Crippen molar-refractivity contribution < 1.29 is 9.78 Å². The van der Waals surface area contributed by atoms with Crippen molar-refractivity contribution in [2.75, 3.05) is 7.11 Å². The maximum atomic E-state index is 4.93. The van der Waals surface area contributed by atoms with Gasteiger partial charge in [0.1, 0.15) is 0 Å². The van der Waals surface area contributed by atoms with Gasteiger partial charge in [-0.2, -0.15) is 4.89 Å². The molecule has 3 heteroatoms. The molecular formula is C8H11NO2. The highest BCUT2D eigenvalue weighted by atomic mass is 17.2. The second-order valence-electron chi connectivity index (χ2n) is 2.35. The molecule has 0 unspecified atom stereocenters. The molecule has 0 saturated carbocycles. The van der Waals surface area contributed by atoms with Gasteiger partial charge < -0.3 is 4.89 Å². The Morgan fingerprint density at radius 1 is 1.18 bits per heavy atom. The molecule has 0 radical (unpaired) electrons. The summed E-state index contributed by atoms with van der Waals surface area (Å²) in [7, 11) is 1.49. The minimum absolute atomic E-state index is 0.752. The quantitative estimate of drug-likeness (QED) is 0.478. The summed E-state index contributed by atoms with van der Waals surface area (Å²) in [5.41, 5.74) is 1.96. The van der Waals surface area contributed by atoms with Crippen molar-refractivity contribution in [1.82, 2.24) is 4.98 Å². The molecule has 0 N–H and O–H groups in total. The van der Waals surface area contributed by atoms with E-state index in [2.05, 4.69) is 9.87 Å². The molecule has 0 aliphatic carbocycles. The summed E-state index contributed by atoms with van der Waals surface area (Å²) >= 11 is 0. The van der Waals surface area contributed by atoms with Gasteiger partial charge in [0.2, 0.25) is 0 Å². The molecule has 0 bridgehead atoms. The molecule has 0 fully saturated rings. The van der Waals surface area contributed by atoms with Crippen LogP contribution in [0.3, 0.4) is 0 Å². The van der Waals surface area contributed by atoms with Crippen molar-refractivity contribution in [3.63, 3.8) is 0 Å². The van der Waals surface area contributed by atoms with E-state index in [1.165, 1.54) is 7.11 Å². The average Bonchev–Trinajstić information content (AvgIpc) is 1.97. The number of hydrogen-bond acceptors (Lipinski definition) is 3. The zero-order valence-electron chi connectivity index (χ0n) is 6.92. The summed E-state index contributed by atoms with van der Waals surface area (Å²) in [6, 6.07) is 0. The highest BCUT2D eigenvalue weighted by Gasteiger charge is 2.02. The fourth-order valence-electron chi connectivity index (χ4n) is 0.904. The summed E-state index contributed by atoms with van der Waals surface area (Å²) in [6.07, 6.45) is 3.47.